The van der Waals surface area contributed by atoms with Gasteiger partial charge in [-0.1, -0.05) is 41.5 Å². The maximum absolute atomic E-state index is 12.6. The molecule has 0 aliphatic rings. The van der Waals surface area contributed by atoms with E-state index in [1.807, 2.05) is 20.8 Å². The number of thiophene rings is 1. The van der Waals surface area contributed by atoms with Crippen LogP contribution in [0.15, 0.2) is 29.9 Å². The normalized spacial score (nSPS) is 13.0. The Bertz CT molecular complexity index is 810. The van der Waals surface area contributed by atoms with E-state index in [1.54, 1.807) is 26.2 Å². The van der Waals surface area contributed by atoms with Crippen molar-refractivity contribution in [3.8, 4) is 0 Å². The molecule has 0 radical (unpaired) electrons. The number of nitrogens with zero attached hydrogens (tertiary/aromatic N) is 1. The van der Waals surface area contributed by atoms with Crippen LogP contribution in [0, 0.1) is 5.41 Å². The summed E-state index contributed by atoms with van der Waals surface area (Å²) in [5.41, 5.74) is -1.63. The van der Waals surface area contributed by atoms with Gasteiger partial charge in [-0.15, -0.1) is 11.3 Å². The van der Waals surface area contributed by atoms with Gasteiger partial charge in [0.2, 0.25) is 0 Å². The average molecular weight is 439 g/mol. The van der Waals surface area contributed by atoms with Crippen molar-refractivity contribution in [3.05, 3.63) is 51.5 Å². The third-order valence-corrected chi connectivity index (χ3v) is 4.77. The highest BCUT2D eigenvalue weighted by Crippen LogP contribution is 2.37. The molecule has 2 nitrogen and oxygen atoms in total. The zero-order chi connectivity index (χ0) is 22.8. The van der Waals surface area contributed by atoms with Crippen LogP contribution in [0.4, 0.5) is 26.3 Å². The Labute approximate surface area is 170 Å². The van der Waals surface area contributed by atoms with Gasteiger partial charge < -0.3 is 0 Å². The molecule has 0 aliphatic heterocycles. The van der Waals surface area contributed by atoms with Gasteiger partial charge in [-0.3, -0.25) is 9.78 Å². The standard InChI is InChI=1S/C11H12F3NO.C9H11F3S/c1-10(2,3)9(16)7-6-15-5-4-8(7)11(12,13)14;1-8(2,3)6-4-7(13-5-6)9(10,11)12/h4-6H,1-3H3;4-5H,1-3H3. The second kappa shape index (κ2) is 8.45. The van der Waals surface area contributed by atoms with E-state index in [1.165, 1.54) is 6.07 Å². The Morgan fingerprint density at radius 2 is 1.48 bits per heavy atom. The number of carbonyl (C=O) groups is 1. The maximum atomic E-state index is 12.6. The molecule has 162 valence electrons. The molecule has 0 unspecified atom stereocenters. The summed E-state index contributed by atoms with van der Waals surface area (Å²) in [6.45, 7) is 10.4. The van der Waals surface area contributed by atoms with Crippen LogP contribution in [0.1, 0.15) is 67.9 Å². The molecule has 0 aliphatic carbocycles. The Morgan fingerprint density at radius 1 is 0.931 bits per heavy atom. The van der Waals surface area contributed by atoms with Gasteiger partial charge in [0.05, 0.1) is 5.56 Å². The monoisotopic (exact) mass is 439 g/mol. The molecule has 0 spiro atoms. The minimum Gasteiger partial charge on any atom is -0.294 e. The molecule has 9 heteroatoms. The molecular weight excluding hydrogens is 416 g/mol. The summed E-state index contributed by atoms with van der Waals surface area (Å²) in [4.78, 5) is 14.9. The Kier molecular flexibility index (Phi) is 7.33. The second-order valence-corrected chi connectivity index (χ2v) is 9.36. The molecule has 2 aromatic rings. The van der Waals surface area contributed by atoms with Crippen molar-refractivity contribution < 1.29 is 31.1 Å². The van der Waals surface area contributed by atoms with Crippen LogP contribution in [0.5, 0.6) is 0 Å². The van der Waals surface area contributed by atoms with Crippen molar-refractivity contribution in [3.63, 3.8) is 0 Å². The number of halogens is 6. The fourth-order valence-corrected chi connectivity index (χ4v) is 3.11. The summed E-state index contributed by atoms with van der Waals surface area (Å²) in [5.74, 6) is -0.562. The van der Waals surface area contributed by atoms with Crippen LogP contribution in [-0.2, 0) is 17.8 Å². The topological polar surface area (TPSA) is 30.0 Å². The number of carbonyl (C=O) groups excluding carboxylic acids is 1. The summed E-state index contributed by atoms with van der Waals surface area (Å²) in [6.07, 6.45) is -6.73. The van der Waals surface area contributed by atoms with E-state index in [2.05, 4.69) is 4.98 Å². The lowest BCUT2D eigenvalue weighted by Gasteiger charge is -2.19. The average Bonchev–Trinajstić information content (AvgIpc) is 3.03. The van der Waals surface area contributed by atoms with Gasteiger partial charge >= 0.3 is 12.4 Å². The number of ketones is 1. The fraction of sp³-hybridized carbons (Fsp3) is 0.500. The van der Waals surface area contributed by atoms with Gasteiger partial charge in [-0.2, -0.15) is 26.3 Å². The van der Waals surface area contributed by atoms with Crippen LogP contribution in [0.2, 0.25) is 0 Å². The molecule has 0 aromatic carbocycles. The largest absolute Gasteiger partial charge is 0.425 e. The lowest BCUT2D eigenvalue weighted by molar-refractivity contribution is -0.138. The zero-order valence-corrected chi connectivity index (χ0v) is 17.7. The van der Waals surface area contributed by atoms with E-state index in [9.17, 15) is 31.1 Å². The highest BCUT2D eigenvalue weighted by Gasteiger charge is 2.37. The highest BCUT2D eigenvalue weighted by atomic mass is 32.1. The van der Waals surface area contributed by atoms with Crippen LogP contribution in [-0.4, -0.2) is 10.8 Å². The SMILES string of the molecule is CC(C)(C)C(=O)c1cnccc1C(F)(F)F.CC(C)(C)c1csc(C(F)(F)F)c1. The number of pyridine rings is 1. The van der Waals surface area contributed by atoms with Crippen molar-refractivity contribution >= 4 is 17.1 Å². The second-order valence-electron chi connectivity index (χ2n) is 8.45. The molecule has 0 amide bonds. The molecule has 0 saturated heterocycles. The first-order chi connectivity index (χ1) is 12.8. The molecule has 2 rings (SSSR count). The number of rotatable bonds is 1. The molecule has 0 saturated carbocycles. The van der Waals surface area contributed by atoms with Gasteiger partial charge in [0.25, 0.3) is 0 Å². The van der Waals surface area contributed by atoms with E-state index in [0.717, 1.165) is 35.4 Å². The Hall–Kier alpha value is -1.90. The summed E-state index contributed by atoms with van der Waals surface area (Å²) in [6, 6.07) is 2.05. The number of hydrogen-bond donors (Lipinski definition) is 0. The van der Waals surface area contributed by atoms with Gasteiger partial charge in [0, 0.05) is 23.4 Å². The van der Waals surface area contributed by atoms with Crippen molar-refractivity contribution in [2.45, 2.75) is 59.3 Å². The van der Waals surface area contributed by atoms with Crippen LogP contribution in [0.3, 0.4) is 0 Å². The molecule has 2 heterocycles. The first-order valence-electron chi connectivity index (χ1n) is 8.57. The molecule has 2 aromatic heterocycles. The maximum Gasteiger partial charge on any atom is 0.425 e. The van der Waals surface area contributed by atoms with Crippen LogP contribution < -0.4 is 0 Å². The predicted octanol–water partition coefficient (Wildman–Crippen LogP) is 7.39. The number of hydrogen-bond acceptors (Lipinski definition) is 3. The molecule has 29 heavy (non-hydrogen) atoms. The summed E-state index contributed by atoms with van der Waals surface area (Å²) in [5, 5.41) is 1.57. The molecular formula is C20H23F6NOS. The zero-order valence-electron chi connectivity index (χ0n) is 16.9. The smallest absolute Gasteiger partial charge is 0.294 e. The Morgan fingerprint density at radius 3 is 1.83 bits per heavy atom. The van der Waals surface area contributed by atoms with Gasteiger partial charge in [-0.05, 0) is 28.5 Å². The lowest BCUT2D eigenvalue weighted by atomic mass is 9.85. The number of aromatic nitrogens is 1. The van der Waals surface area contributed by atoms with E-state index >= 15 is 0 Å². The molecule has 0 atom stereocenters. The van der Waals surface area contributed by atoms with E-state index in [0.29, 0.717) is 0 Å². The van der Waals surface area contributed by atoms with Crippen molar-refractivity contribution in [2.75, 3.05) is 0 Å². The van der Waals surface area contributed by atoms with Crippen LogP contribution >= 0.6 is 11.3 Å². The number of alkyl halides is 6. The number of Topliss-reactive ketones (excluding diaryl/α,β-unsaturated/α-hetero) is 1. The van der Waals surface area contributed by atoms with E-state index in [-0.39, 0.29) is 11.0 Å². The summed E-state index contributed by atoms with van der Waals surface area (Å²) < 4.78 is 74.5. The van der Waals surface area contributed by atoms with Gasteiger partial charge in [-0.25, -0.2) is 0 Å². The lowest BCUT2D eigenvalue weighted by Crippen LogP contribution is -2.24. The quantitative estimate of drug-likeness (QED) is 0.342. The third kappa shape index (κ3) is 7.13. The minimum atomic E-state index is -4.53. The summed E-state index contributed by atoms with van der Waals surface area (Å²) in [7, 11) is 0. The first kappa shape index (κ1) is 25.1. The van der Waals surface area contributed by atoms with E-state index in [4.69, 9.17) is 0 Å². The van der Waals surface area contributed by atoms with Gasteiger partial charge in [0.15, 0.2) is 5.78 Å². The molecule has 0 fully saturated rings. The van der Waals surface area contributed by atoms with Gasteiger partial charge in [0.1, 0.15) is 4.88 Å². The van der Waals surface area contributed by atoms with Crippen molar-refractivity contribution in [1.82, 2.24) is 4.98 Å². The molecule has 0 bridgehead atoms. The van der Waals surface area contributed by atoms with E-state index < -0.39 is 34.0 Å². The Balaban J connectivity index is 0.000000296. The summed E-state index contributed by atoms with van der Waals surface area (Å²) >= 11 is 0.758. The van der Waals surface area contributed by atoms with Crippen molar-refractivity contribution in [2.24, 2.45) is 5.41 Å². The highest BCUT2D eigenvalue weighted by molar-refractivity contribution is 7.10. The third-order valence-electron chi connectivity index (χ3n) is 3.80. The van der Waals surface area contributed by atoms with Crippen molar-refractivity contribution in [1.29, 1.82) is 0 Å². The first-order valence-corrected chi connectivity index (χ1v) is 9.45. The van der Waals surface area contributed by atoms with Crippen LogP contribution in [0.25, 0.3) is 0 Å². The fourth-order valence-electron chi connectivity index (χ4n) is 2.10. The minimum absolute atomic E-state index is 0.208. The predicted molar refractivity (Wildman–Crippen MR) is 101 cm³/mol. The molecule has 0 N–H and O–H groups in total.